The maximum absolute atomic E-state index is 11.4. The molecule has 1 N–H and O–H groups in total. The fourth-order valence-corrected chi connectivity index (χ4v) is 2.14. The molecule has 0 fully saturated rings. The van der Waals surface area contributed by atoms with Crippen LogP contribution < -0.4 is 5.32 Å². The van der Waals surface area contributed by atoms with Gasteiger partial charge in [0.1, 0.15) is 5.69 Å². The number of halogens is 1. The minimum absolute atomic E-state index is 0.326. The van der Waals surface area contributed by atoms with E-state index in [-0.39, 0.29) is 11.3 Å². The Balaban J connectivity index is 2.86. The van der Waals surface area contributed by atoms with Gasteiger partial charge in [0.2, 0.25) is 0 Å². The third kappa shape index (κ3) is 1.54. The third-order valence-corrected chi connectivity index (χ3v) is 3.07. The number of nitro benzene ring substituents is 2. The van der Waals surface area contributed by atoms with E-state index in [1.165, 1.54) is 0 Å². The van der Waals surface area contributed by atoms with Gasteiger partial charge in [-0.2, -0.15) is 0 Å². The molecule has 1 aromatic carbocycles. The van der Waals surface area contributed by atoms with Crippen molar-refractivity contribution in [2.75, 3.05) is 5.32 Å². The molecule has 1 aliphatic heterocycles. The number of rotatable bonds is 2. The first-order valence-corrected chi connectivity index (χ1v) is 5.15. The molecule has 0 atom stereocenters. The first-order chi connectivity index (χ1) is 8.34. The number of carbonyl (C=O) groups excluding carboxylic acids is 2. The van der Waals surface area contributed by atoms with Crippen molar-refractivity contribution in [1.82, 2.24) is 0 Å². The molecule has 1 amide bonds. The van der Waals surface area contributed by atoms with Crippen LogP contribution in [0.5, 0.6) is 0 Å². The molecule has 0 unspecified atom stereocenters. The summed E-state index contributed by atoms with van der Waals surface area (Å²) in [6.07, 6.45) is 0. The fourth-order valence-electron chi connectivity index (χ4n) is 1.53. The summed E-state index contributed by atoms with van der Waals surface area (Å²) in [5.74, 6) is -2.09. The van der Waals surface area contributed by atoms with Crippen molar-refractivity contribution in [3.05, 3.63) is 36.3 Å². The average molecular weight is 316 g/mol. The maximum atomic E-state index is 11.4. The van der Waals surface area contributed by atoms with E-state index in [0.717, 1.165) is 6.07 Å². The number of hydrogen-bond donors (Lipinski definition) is 1. The molecular weight excluding hydrogens is 314 g/mol. The topological polar surface area (TPSA) is 132 Å². The highest BCUT2D eigenvalue weighted by atomic mass is 79.9. The van der Waals surface area contributed by atoms with Crippen LogP contribution in [0.15, 0.2) is 10.5 Å². The molecule has 92 valence electrons. The molecule has 0 radical (unpaired) electrons. The summed E-state index contributed by atoms with van der Waals surface area (Å²) in [6.45, 7) is 0. The summed E-state index contributed by atoms with van der Waals surface area (Å²) in [4.78, 5) is 42.3. The summed E-state index contributed by atoms with van der Waals surface area (Å²) in [7, 11) is 0. The standard InChI is InChI=1S/C8H2BrN3O6/c9-4-3(11(15)16)1-2-5(6(4)12(17)18)10-8(14)7(2)13/h1H,(H,10,13,14). The molecule has 1 aliphatic rings. The second kappa shape index (κ2) is 3.84. The Morgan fingerprint density at radius 1 is 1.17 bits per heavy atom. The van der Waals surface area contributed by atoms with E-state index in [1.54, 1.807) is 0 Å². The number of anilines is 1. The largest absolute Gasteiger partial charge is 0.314 e. The monoisotopic (exact) mass is 315 g/mol. The minimum Gasteiger partial charge on any atom is -0.313 e. The zero-order valence-electron chi connectivity index (χ0n) is 8.30. The van der Waals surface area contributed by atoms with Crippen LogP contribution in [-0.4, -0.2) is 21.5 Å². The number of hydrogen-bond acceptors (Lipinski definition) is 6. The highest BCUT2D eigenvalue weighted by molar-refractivity contribution is 9.10. The molecule has 0 bridgehead atoms. The number of carbonyl (C=O) groups is 2. The Labute approximate surface area is 106 Å². The van der Waals surface area contributed by atoms with Gasteiger partial charge < -0.3 is 5.32 Å². The zero-order chi connectivity index (χ0) is 13.6. The normalized spacial score (nSPS) is 13.2. The number of ketones is 1. The van der Waals surface area contributed by atoms with Gasteiger partial charge in [-0.05, 0) is 15.9 Å². The van der Waals surface area contributed by atoms with Gasteiger partial charge in [0.15, 0.2) is 4.47 Å². The van der Waals surface area contributed by atoms with Gasteiger partial charge in [-0.15, -0.1) is 0 Å². The molecule has 1 heterocycles. The molecule has 2 rings (SSSR count). The molecule has 0 saturated heterocycles. The van der Waals surface area contributed by atoms with Gasteiger partial charge in [-0.25, -0.2) is 0 Å². The number of Topliss-reactive ketones (excluding diaryl/α,β-unsaturated/α-hetero) is 1. The molecular formula is C8H2BrN3O6. The minimum atomic E-state index is -1.06. The molecule has 0 spiro atoms. The van der Waals surface area contributed by atoms with Gasteiger partial charge >= 0.3 is 5.69 Å². The number of nitro groups is 2. The van der Waals surface area contributed by atoms with Crippen molar-refractivity contribution in [3.8, 4) is 0 Å². The van der Waals surface area contributed by atoms with E-state index in [9.17, 15) is 29.8 Å². The summed E-state index contributed by atoms with van der Waals surface area (Å²) in [6, 6.07) is 0.826. The quantitative estimate of drug-likeness (QED) is 0.498. The first kappa shape index (κ1) is 12.1. The van der Waals surface area contributed by atoms with Crippen molar-refractivity contribution in [3.63, 3.8) is 0 Å². The Hall–Kier alpha value is -2.36. The SMILES string of the molecule is O=C1Nc2c(cc([N+](=O)[O-])c(Br)c2[N+](=O)[O-])C1=O. The van der Waals surface area contributed by atoms with Crippen molar-refractivity contribution in [2.45, 2.75) is 0 Å². The Kier molecular flexibility index (Phi) is 2.58. The number of fused-ring (bicyclic) bond motifs is 1. The van der Waals surface area contributed by atoms with Crippen molar-refractivity contribution in [1.29, 1.82) is 0 Å². The molecule has 18 heavy (non-hydrogen) atoms. The predicted octanol–water partition coefficient (Wildman–Crippen LogP) is 1.40. The molecule has 1 aromatic rings. The van der Waals surface area contributed by atoms with Gasteiger partial charge in [0.25, 0.3) is 17.4 Å². The van der Waals surface area contributed by atoms with E-state index in [0.29, 0.717) is 0 Å². The van der Waals surface area contributed by atoms with E-state index >= 15 is 0 Å². The number of amides is 1. The molecule has 0 aromatic heterocycles. The Morgan fingerprint density at radius 2 is 1.78 bits per heavy atom. The summed E-state index contributed by atoms with van der Waals surface area (Å²) >= 11 is 2.73. The highest BCUT2D eigenvalue weighted by Crippen LogP contribution is 2.44. The fraction of sp³-hybridized carbons (Fsp3) is 0. The smallest absolute Gasteiger partial charge is 0.313 e. The number of benzene rings is 1. The lowest BCUT2D eigenvalue weighted by atomic mass is 10.1. The lowest BCUT2D eigenvalue weighted by Gasteiger charge is -2.02. The average Bonchev–Trinajstić information content (AvgIpc) is 2.53. The molecule has 0 aliphatic carbocycles. The van der Waals surface area contributed by atoms with E-state index in [2.05, 4.69) is 15.9 Å². The lowest BCUT2D eigenvalue weighted by molar-refractivity contribution is -0.395. The predicted molar refractivity (Wildman–Crippen MR) is 60.4 cm³/mol. The van der Waals surface area contributed by atoms with Crippen LogP contribution in [0.1, 0.15) is 10.4 Å². The van der Waals surface area contributed by atoms with E-state index < -0.39 is 37.4 Å². The van der Waals surface area contributed by atoms with Crippen molar-refractivity contribution < 1.29 is 19.4 Å². The van der Waals surface area contributed by atoms with Crippen LogP contribution in [0.4, 0.5) is 17.1 Å². The van der Waals surface area contributed by atoms with Crippen LogP contribution in [0.25, 0.3) is 0 Å². The van der Waals surface area contributed by atoms with E-state index in [4.69, 9.17) is 0 Å². The van der Waals surface area contributed by atoms with Gasteiger partial charge in [-0.1, -0.05) is 0 Å². The molecule has 9 nitrogen and oxygen atoms in total. The maximum Gasteiger partial charge on any atom is 0.314 e. The van der Waals surface area contributed by atoms with Crippen LogP contribution >= 0.6 is 15.9 Å². The van der Waals surface area contributed by atoms with Crippen molar-refractivity contribution in [2.24, 2.45) is 0 Å². The number of nitrogens with one attached hydrogen (secondary N) is 1. The second-order valence-electron chi connectivity index (χ2n) is 3.28. The third-order valence-electron chi connectivity index (χ3n) is 2.29. The molecule has 10 heteroatoms. The van der Waals surface area contributed by atoms with Crippen LogP contribution in [-0.2, 0) is 4.79 Å². The Morgan fingerprint density at radius 3 is 2.28 bits per heavy atom. The summed E-state index contributed by atoms with van der Waals surface area (Å²) in [5, 5.41) is 23.6. The zero-order valence-corrected chi connectivity index (χ0v) is 9.89. The van der Waals surface area contributed by atoms with E-state index in [1.807, 2.05) is 5.32 Å². The Bertz CT molecular complexity index is 640. The second-order valence-corrected chi connectivity index (χ2v) is 4.07. The van der Waals surface area contributed by atoms with Gasteiger partial charge in [0.05, 0.1) is 15.4 Å². The number of nitrogens with zero attached hydrogens (tertiary/aromatic N) is 2. The van der Waals surface area contributed by atoms with Crippen LogP contribution in [0.3, 0.4) is 0 Å². The lowest BCUT2D eigenvalue weighted by Crippen LogP contribution is -2.12. The van der Waals surface area contributed by atoms with Crippen LogP contribution in [0.2, 0.25) is 0 Å². The van der Waals surface area contributed by atoms with Crippen LogP contribution in [0, 0.1) is 20.2 Å². The van der Waals surface area contributed by atoms with Crippen molar-refractivity contribution >= 4 is 44.7 Å². The molecule has 0 saturated carbocycles. The first-order valence-electron chi connectivity index (χ1n) is 4.35. The van der Waals surface area contributed by atoms with Gasteiger partial charge in [0, 0.05) is 6.07 Å². The van der Waals surface area contributed by atoms with Gasteiger partial charge in [-0.3, -0.25) is 29.8 Å². The summed E-state index contributed by atoms with van der Waals surface area (Å²) < 4.78 is -0.397. The summed E-state index contributed by atoms with van der Waals surface area (Å²) in [5.41, 5.74) is -2.06. The highest BCUT2D eigenvalue weighted by Gasteiger charge is 2.40.